The van der Waals surface area contributed by atoms with Gasteiger partial charge < -0.3 is 20.1 Å². The van der Waals surface area contributed by atoms with E-state index in [1.165, 1.54) is 32.1 Å². The summed E-state index contributed by atoms with van der Waals surface area (Å²) in [5.41, 5.74) is 0. The van der Waals surface area contributed by atoms with E-state index in [9.17, 15) is 14.4 Å². The molecule has 1 fully saturated rings. The highest BCUT2D eigenvalue weighted by Crippen LogP contribution is 2.43. The second-order valence-electron chi connectivity index (χ2n) is 10.5. The summed E-state index contributed by atoms with van der Waals surface area (Å²) in [6.45, 7) is 4.68. The molecule has 2 amide bonds. The standard InChI is InChI=1S/C30H45N3O5/c1-3-28(34)32-26-20-24(21-27(31-26)33-29(35)4-2)37-16-12-10-8-6-5-7-9-11-13-17-38-30(36)25-19-22-14-15-23(25)18-22/h14-15,20-23,25H,3-13,16-19H2,1-2H3,(H2,31,32,33,34,35). The summed E-state index contributed by atoms with van der Waals surface area (Å²) in [4.78, 5) is 40.0. The predicted octanol–water partition coefficient (Wildman–Crippen LogP) is 6.42. The molecule has 2 aliphatic carbocycles. The molecule has 1 heterocycles. The normalized spacial score (nSPS) is 19.4. The largest absolute Gasteiger partial charge is 0.493 e. The quantitative estimate of drug-likeness (QED) is 0.130. The fraction of sp³-hybridized carbons (Fsp3) is 0.667. The molecule has 38 heavy (non-hydrogen) atoms. The number of hydrogen-bond acceptors (Lipinski definition) is 6. The second kappa shape index (κ2) is 16.1. The number of rotatable bonds is 18. The highest BCUT2D eigenvalue weighted by molar-refractivity contribution is 5.92. The predicted molar refractivity (Wildman–Crippen MR) is 149 cm³/mol. The lowest BCUT2D eigenvalue weighted by Gasteiger charge is -2.16. The molecule has 3 rings (SSSR count). The number of esters is 1. The number of aromatic nitrogens is 1. The van der Waals surface area contributed by atoms with Crippen LogP contribution in [0.3, 0.4) is 0 Å². The highest BCUT2D eigenvalue weighted by atomic mass is 16.5. The summed E-state index contributed by atoms with van der Waals surface area (Å²) in [5, 5.41) is 5.45. The van der Waals surface area contributed by atoms with E-state index in [0.29, 0.717) is 55.3 Å². The molecule has 1 aromatic heterocycles. The van der Waals surface area contributed by atoms with Crippen molar-refractivity contribution in [2.75, 3.05) is 23.8 Å². The van der Waals surface area contributed by atoms with Crippen molar-refractivity contribution in [3.8, 4) is 5.75 Å². The van der Waals surface area contributed by atoms with E-state index in [0.717, 1.165) is 38.5 Å². The van der Waals surface area contributed by atoms with Crippen LogP contribution in [-0.4, -0.2) is 36.0 Å². The van der Waals surface area contributed by atoms with Gasteiger partial charge in [0.15, 0.2) is 0 Å². The number of amides is 2. The molecule has 2 bridgehead atoms. The maximum Gasteiger partial charge on any atom is 0.309 e. The SMILES string of the molecule is CCC(=O)Nc1cc(OCCCCCCCCCCCOC(=O)C2CC3C=CC2C3)cc(NC(=O)CC)n1. The maximum atomic E-state index is 12.2. The number of ether oxygens (including phenoxy) is 2. The molecule has 0 radical (unpaired) electrons. The van der Waals surface area contributed by atoms with Crippen LogP contribution in [0.4, 0.5) is 11.6 Å². The Hall–Kier alpha value is -2.90. The first-order valence-electron chi connectivity index (χ1n) is 14.6. The Morgan fingerprint density at radius 2 is 1.34 bits per heavy atom. The van der Waals surface area contributed by atoms with Gasteiger partial charge in [-0.25, -0.2) is 4.98 Å². The molecule has 0 aliphatic heterocycles. The van der Waals surface area contributed by atoms with E-state index >= 15 is 0 Å². The van der Waals surface area contributed by atoms with E-state index < -0.39 is 0 Å². The highest BCUT2D eigenvalue weighted by Gasteiger charge is 2.40. The van der Waals surface area contributed by atoms with E-state index in [1.54, 1.807) is 26.0 Å². The second-order valence-corrected chi connectivity index (χ2v) is 10.5. The Morgan fingerprint density at radius 3 is 1.84 bits per heavy atom. The number of nitrogens with zero attached hydrogens (tertiary/aromatic N) is 1. The summed E-state index contributed by atoms with van der Waals surface area (Å²) in [7, 11) is 0. The molecule has 1 aromatic rings. The zero-order chi connectivity index (χ0) is 27.2. The van der Waals surface area contributed by atoms with Crippen LogP contribution in [-0.2, 0) is 19.1 Å². The first-order valence-corrected chi connectivity index (χ1v) is 14.6. The zero-order valence-electron chi connectivity index (χ0n) is 23.1. The average Bonchev–Trinajstić information content (AvgIpc) is 3.55. The van der Waals surface area contributed by atoms with Crippen LogP contribution < -0.4 is 15.4 Å². The molecule has 210 valence electrons. The van der Waals surface area contributed by atoms with Gasteiger partial charge in [0.05, 0.1) is 19.1 Å². The molecular weight excluding hydrogens is 482 g/mol. The minimum Gasteiger partial charge on any atom is -0.493 e. The Morgan fingerprint density at radius 1 is 0.789 bits per heavy atom. The first kappa shape index (κ1) is 29.7. The Labute approximate surface area is 227 Å². The Bertz CT molecular complexity index is 912. The molecule has 2 N–H and O–H groups in total. The van der Waals surface area contributed by atoms with Gasteiger partial charge in [-0.3, -0.25) is 14.4 Å². The monoisotopic (exact) mass is 527 g/mol. The van der Waals surface area contributed by atoms with Crippen molar-refractivity contribution in [3.05, 3.63) is 24.3 Å². The van der Waals surface area contributed by atoms with Gasteiger partial charge >= 0.3 is 5.97 Å². The van der Waals surface area contributed by atoms with Crippen molar-refractivity contribution in [2.45, 2.75) is 97.3 Å². The van der Waals surface area contributed by atoms with Crippen LogP contribution in [0.2, 0.25) is 0 Å². The average molecular weight is 528 g/mol. The number of nitrogens with one attached hydrogen (secondary N) is 2. The van der Waals surface area contributed by atoms with Crippen molar-refractivity contribution in [2.24, 2.45) is 17.8 Å². The van der Waals surface area contributed by atoms with Crippen molar-refractivity contribution in [1.82, 2.24) is 4.98 Å². The van der Waals surface area contributed by atoms with E-state index in [1.807, 2.05) is 0 Å². The van der Waals surface area contributed by atoms with Gasteiger partial charge in [-0.1, -0.05) is 70.9 Å². The van der Waals surface area contributed by atoms with E-state index in [2.05, 4.69) is 27.8 Å². The third-order valence-electron chi connectivity index (χ3n) is 7.36. The van der Waals surface area contributed by atoms with Gasteiger partial charge in [0.25, 0.3) is 0 Å². The summed E-state index contributed by atoms with van der Waals surface area (Å²) in [5.74, 6) is 2.19. The summed E-state index contributed by atoms with van der Waals surface area (Å²) < 4.78 is 11.4. The Kier molecular flexibility index (Phi) is 12.6. The lowest BCUT2D eigenvalue weighted by atomic mass is 9.94. The fourth-order valence-corrected chi connectivity index (χ4v) is 5.14. The van der Waals surface area contributed by atoms with Crippen molar-refractivity contribution < 1.29 is 23.9 Å². The third-order valence-corrected chi connectivity index (χ3v) is 7.36. The third kappa shape index (κ3) is 10.1. The van der Waals surface area contributed by atoms with Crippen LogP contribution in [0.25, 0.3) is 0 Å². The maximum absolute atomic E-state index is 12.2. The number of unbranched alkanes of at least 4 members (excludes halogenated alkanes) is 8. The molecule has 0 spiro atoms. The minimum absolute atomic E-state index is 0.0159. The lowest BCUT2D eigenvalue weighted by molar-refractivity contribution is -0.149. The Balaban J connectivity index is 1.19. The number of carbonyl (C=O) groups is 3. The van der Waals surface area contributed by atoms with Crippen LogP contribution in [0, 0.1) is 17.8 Å². The van der Waals surface area contributed by atoms with Gasteiger partial charge in [-0.15, -0.1) is 0 Å². The van der Waals surface area contributed by atoms with Crippen LogP contribution in [0.5, 0.6) is 5.75 Å². The number of allylic oxidation sites excluding steroid dienone is 2. The molecule has 3 atom stereocenters. The smallest absolute Gasteiger partial charge is 0.309 e. The number of fused-ring (bicyclic) bond motifs is 2. The fourth-order valence-electron chi connectivity index (χ4n) is 5.14. The minimum atomic E-state index is -0.144. The van der Waals surface area contributed by atoms with Crippen LogP contribution in [0.15, 0.2) is 24.3 Å². The number of anilines is 2. The van der Waals surface area contributed by atoms with Gasteiger partial charge in [0.1, 0.15) is 17.4 Å². The molecule has 2 aliphatic rings. The van der Waals surface area contributed by atoms with Gasteiger partial charge in [-0.05, 0) is 37.5 Å². The summed E-state index contributed by atoms with van der Waals surface area (Å²) in [6, 6.07) is 3.37. The number of hydrogen-bond donors (Lipinski definition) is 2. The number of carbonyl (C=O) groups excluding carboxylic acids is 3. The molecule has 0 aromatic carbocycles. The summed E-state index contributed by atoms with van der Waals surface area (Å²) >= 11 is 0. The van der Waals surface area contributed by atoms with Crippen molar-refractivity contribution in [3.63, 3.8) is 0 Å². The molecule has 0 saturated heterocycles. The molecular formula is C30H45N3O5. The zero-order valence-corrected chi connectivity index (χ0v) is 23.1. The molecule has 3 unspecified atom stereocenters. The van der Waals surface area contributed by atoms with Crippen molar-refractivity contribution >= 4 is 29.4 Å². The topological polar surface area (TPSA) is 107 Å². The van der Waals surface area contributed by atoms with E-state index in [4.69, 9.17) is 9.47 Å². The first-order chi connectivity index (χ1) is 18.5. The van der Waals surface area contributed by atoms with Crippen molar-refractivity contribution in [1.29, 1.82) is 0 Å². The van der Waals surface area contributed by atoms with Crippen LogP contribution >= 0.6 is 0 Å². The van der Waals surface area contributed by atoms with Gasteiger partial charge in [0.2, 0.25) is 11.8 Å². The van der Waals surface area contributed by atoms with Gasteiger partial charge in [-0.2, -0.15) is 0 Å². The number of pyridine rings is 1. The molecule has 8 heteroatoms. The van der Waals surface area contributed by atoms with E-state index in [-0.39, 0.29) is 23.7 Å². The van der Waals surface area contributed by atoms with Crippen LogP contribution in [0.1, 0.15) is 97.3 Å². The van der Waals surface area contributed by atoms with Gasteiger partial charge in [0, 0.05) is 25.0 Å². The summed E-state index contributed by atoms with van der Waals surface area (Å²) in [6.07, 6.45) is 17.4. The molecule has 8 nitrogen and oxygen atoms in total. The molecule has 1 saturated carbocycles. The lowest BCUT2D eigenvalue weighted by Crippen LogP contribution is -2.21.